The van der Waals surface area contributed by atoms with Gasteiger partial charge in [0.15, 0.2) is 0 Å². The maximum atomic E-state index is 13.3. The molecule has 0 bridgehead atoms. The Balaban J connectivity index is 1.55. The Morgan fingerprint density at radius 2 is 2.00 bits per heavy atom. The summed E-state index contributed by atoms with van der Waals surface area (Å²) in [5, 5.41) is 5.60. The number of benzene rings is 2. The summed E-state index contributed by atoms with van der Waals surface area (Å²) < 4.78 is 5.14. The fraction of sp³-hybridized carbons (Fsp3) is 0.318. The lowest BCUT2D eigenvalue weighted by atomic mass is 9.84. The first-order valence-electron chi connectivity index (χ1n) is 9.70. The van der Waals surface area contributed by atoms with Crippen molar-refractivity contribution in [3.8, 4) is 5.75 Å². The van der Waals surface area contributed by atoms with Crippen LogP contribution in [0.5, 0.6) is 5.75 Å². The molecule has 0 saturated carbocycles. The van der Waals surface area contributed by atoms with Crippen LogP contribution in [0.2, 0.25) is 0 Å². The number of urea groups is 1. The number of aryl methyl sites for hydroxylation is 1. The van der Waals surface area contributed by atoms with Crippen LogP contribution in [-0.4, -0.2) is 36.4 Å². The molecule has 2 aliphatic rings. The first-order valence-corrected chi connectivity index (χ1v) is 9.70. The smallest absolute Gasteiger partial charge is 0.325 e. The predicted octanol–water partition coefficient (Wildman–Crippen LogP) is 2.81. The third kappa shape index (κ3) is 3.44. The Bertz CT molecular complexity index is 974. The number of hydrogen-bond donors (Lipinski definition) is 2. The van der Waals surface area contributed by atoms with Crippen molar-refractivity contribution in [1.82, 2.24) is 10.2 Å². The Morgan fingerprint density at radius 1 is 1.17 bits per heavy atom. The lowest BCUT2D eigenvalue weighted by Gasteiger charge is -2.27. The van der Waals surface area contributed by atoms with Crippen LogP contribution < -0.4 is 15.4 Å². The van der Waals surface area contributed by atoms with Crippen molar-refractivity contribution in [2.24, 2.45) is 0 Å². The number of methoxy groups -OCH3 is 1. The van der Waals surface area contributed by atoms with E-state index in [4.69, 9.17) is 4.74 Å². The van der Waals surface area contributed by atoms with E-state index in [1.54, 1.807) is 24.3 Å². The minimum atomic E-state index is -1.08. The van der Waals surface area contributed by atoms with Gasteiger partial charge in [-0.15, -0.1) is 0 Å². The van der Waals surface area contributed by atoms with E-state index in [-0.39, 0.29) is 12.5 Å². The molecule has 2 aromatic rings. The van der Waals surface area contributed by atoms with Gasteiger partial charge in [0.1, 0.15) is 17.8 Å². The van der Waals surface area contributed by atoms with Crippen LogP contribution in [0.25, 0.3) is 0 Å². The second-order valence-electron chi connectivity index (χ2n) is 7.37. The number of carbonyl (C=O) groups is 3. The third-order valence-electron chi connectivity index (χ3n) is 5.56. The van der Waals surface area contributed by atoms with Crippen LogP contribution in [0, 0.1) is 0 Å². The quantitative estimate of drug-likeness (QED) is 0.782. The standard InChI is InChI=1S/C22H23N3O4/c1-29-17-10-6-9-16(13-17)23-19(26)14-25-20(27)22(24-21(25)28)12-5-4-8-15-7-2-3-11-18(15)22/h2-3,6-7,9-11,13H,4-5,8,12,14H2,1H3,(H,23,26)(H,24,28). The fourth-order valence-corrected chi connectivity index (χ4v) is 4.16. The van der Waals surface area contributed by atoms with Crippen molar-refractivity contribution < 1.29 is 19.1 Å². The zero-order valence-electron chi connectivity index (χ0n) is 16.2. The van der Waals surface area contributed by atoms with Gasteiger partial charge in [-0.25, -0.2) is 4.79 Å². The summed E-state index contributed by atoms with van der Waals surface area (Å²) in [6.07, 6.45) is 3.18. The number of nitrogens with one attached hydrogen (secondary N) is 2. The van der Waals surface area contributed by atoms with Gasteiger partial charge in [0.05, 0.1) is 7.11 Å². The summed E-state index contributed by atoms with van der Waals surface area (Å²) in [5.41, 5.74) is 1.37. The largest absolute Gasteiger partial charge is 0.497 e. The van der Waals surface area contributed by atoms with Gasteiger partial charge in [-0.3, -0.25) is 14.5 Å². The van der Waals surface area contributed by atoms with Crippen molar-refractivity contribution in [3.63, 3.8) is 0 Å². The molecule has 4 amide bonds. The number of fused-ring (bicyclic) bond motifs is 2. The van der Waals surface area contributed by atoms with E-state index >= 15 is 0 Å². The highest BCUT2D eigenvalue weighted by Crippen LogP contribution is 2.38. The molecule has 1 aliphatic carbocycles. The molecule has 7 nitrogen and oxygen atoms in total. The van der Waals surface area contributed by atoms with E-state index in [9.17, 15) is 14.4 Å². The molecule has 7 heteroatoms. The van der Waals surface area contributed by atoms with Crippen LogP contribution in [0.15, 0.2) is 48.5 Å². The Hall–Kier alpha value is -3.35. The molecule has 1 saturated heterocycles. The number of rotatable bonds is 4. The first-order chi connectivity index (χ1) is 14.0. The number of hydrogen-bond acceptors (Lipinski definition) is 4. The molecule has 2 N–H and O–H groups in total. The average Bonchev–Trinajstić information content (AvgIpc) is 2.86. The normalized spacial score (nSPS) is 20.8. The lowest BCUT2D eigenvalue weighted by molar-refractivity contribution is -0.134. The van der Waals surface area contributed by atoms with E-state index in [2.05, 4.69) is 10.6 Å². The number of nitrogens with zero attached hydrogens (tertiary/aromatic N) is 1. The number of anilines is 1. The second kappa shape index (κ2) is 7.58. The summed E-state index contributed by atoms with van der Waals surface area (Å²) in [4.78, 5) is 39.5. The predicted molar refractivity (Wildman–Crippen MR) is 108 cm³/mol. The molecule has 1 atom stereocenters. The van der Waals surface area contributed by atoms with Gasteiger partial charge in [-0.05, 0) is 48.9 Å². The summed E-state index contributed by atoms with van der Waals surface area (Å²) >= 11 is 0. The molecular weight excluding hydrogens is 370 g/mol. The Kier molecular flexibility index (Phi) is 4.96. The maximum Gasteiger partial charge on any atom is 0.325 e. The summed E-state index contributed by atoms with van der Waals surface area (Å²) in [6, 6.07) is 14.1. The van der Waals surface area contributed by atoms with Crippen LogP contribution >= 0.6 is 0 Å². The van der Waals surface area contributed by atoms with Crippen molar-refractivity contribution in [2.45, 2.75) is 31.2 Å². The molecular formula is C22H23N3O4. The number of amides is 4. The topological polar surface area (TPSA) is 87.7 Å². The molecule has 1 fully saturated rings. The lowest BCUT2D eigenvalue weighted by Crippen LogP contribution is -2.44. The molecule has 2 aromatic carbocycles. The second-order valence-corrected chi connectivity index (χ2v) is 7.37. The van der Waals surface area contributed by atoms with Crippen molar-refractivity contribution >= 4 is 23.5 Å². The fourth-order valence-electron chi connectivity index (χ4n) is 4.16. The molecule has 1 unspecified atom stereocenters. The summed E-state index contributed by atoms with van der Waals surface area (Å²) in [5.74, 6) is -0.204. The van der Waals surface area contributed by atoms with Gasteiger partial charge in [0, 0.05) is 11.8 Å². The van der Waals surface area contributed by atoms with Gasteiger partial charge < -0.3 is 15.4 Å². The highest BCUT2D eigenvalue weighted by Gasteiger charge is 2.53. The number of imide groups is 1. The number of carbonyl (C=O) groups excluding carboxylic acids is 3. The van der Waals surface area contributed by atoms with Crippen molar-refractivity contribution in [2.75, 3.05) is 19.0 Å². The highest BCUT2D eigenvalue weighted by atomic mass is 16.5. The van der Waals surface area contributed by atoms with Gasteiger partial charge >= 0.3 is 6.03 Å². The maximum absolute atomic E-state index is 13.3. The van der Waals surface area contributed by atoms with Crippen LogP contribution in [-0.2, 0) is 21.5 Å². The minimum absolute atomic E-state index is 0.341. The SMILES string of the molecule is COc1cccc(NC(=O)CN2C(=O)NC3(CCCCc4ccccc43)C2=O)c1. The van der Waals surface area contributed by atoms with Gasteiger partial charge in [0.25, 0.3) is 5.91 Å². The van der Waals surface area contributed by atoms with Gasteiger partial charge in [-0.2, -0.15) is 0 Å². The molecule has 1 heterocycles. The molecule has 1 spiro atoms. The van der Waals surface area contributed by atoms with Crippen LogP contribution in [0.1, 0.15) is 30.4 Å². The van der Waals surface area contributed by atoms with Gasteiger partial charge in [0.2, 0.25) is 5.91 Å². The zero-order valence-corrected chi connectivity index (χ0v) is 16.2. The van der Waals surface area contributed by atoms with E-state index in [0.717, 1.165) is 35.3 Å². The Labute approximate surface area is 169 Å². The van der Waals surface area contributed by atoms with Crippen molar-refractivity contribution in [1.29, 1.82) is 0 Å². The summed E-state index contributed by atoms with van der Waals surface area (Å²) in [7, 11) is 1.54. The highest BCUT2D eigenvalue weighted by molar-refractivity contribution is 6.10. The molecule has 150 valence electrons. The van der Waals surface area contributed by atoms with Crippen LogP contribution in [0.4, 0.5) is 10.5 Å². The van der Waals surface area contributed by atoms with E-state index in [0.29, 0.717) is 17.9 Å². The zero-order chi connectivity index (χ0) is 20.4. The molecule has 0 radical (unpaired) electrons. The first kappa shape index (κ1) is 19.0. The van der Waals surface area contributed by atoms with E-state index in [1.165, 1.54) is 7.11 Å². The summed E-state index contributed by atoms with van der Waals surface area (Å²) in [6.45, 7) is -0.341. The van der Waals surface area contributed by atoms with E-state index < -0.39 is 17.5 Å². The molecule has 0 aromatic heterocycles. The van der Waals surface area contributed by atoms with Crippen molar-refractivity contribution in [3.05, 3.63) is 59.7 Å². The minimum Gasteiger partial charge on any atom is -0.497 e. The Morgan fingerprint density at radius 3 is 2.83 bits per heavy atom. The van der Waals surface area contributed by atoms with E-state index in [1.807, 2.05) is 24.3 Å². The number of ether oxygens (including phenoxy) is 1. The molecule has 1 aliphatic heterocycles. The van der Waals surface area contributed by atoms with Gasteiger partial charge in [-0.1, -0.05) is 30.3 Å². The molecule has 4 rings (SSSR count). The molecule has 29 heavy (non-hydrogen) atoms. The van der Waals surface area contributed by atoms with Crippen LogP contribution in [0.3, 0.4) is 0 Å². The third-order valence-corrected chi connectivity index (χ3v) is 5.56. The average molecular weight is 393 g/mol. The monoisotopic (exact) mass is 393 g/mol.